The van der Waals surface area contributed by atoms with Crippen LogP contribution >= 0.6 is 59.4 Å². The van der Waals surface area contributed by atoms with Crippen LogP contribution in [0.5, 0.6) is 11.8 Å². The van der Waals surface area contributed by atoms with Crippen LogP contribution in [-0.4, -0.2) is 29.5 Å². The molecule has 2 aromatic heterocycles. The Balaban J connectivity index is 0.000000219. The van der Waals surface area contributed by atoms with Crippen molar-refractivity contribution in [3.63, 3.8) is 0 Å². The van der Waals surface area contributed by atoms with E-state index in [0.717, 1.165) is 4.73 Å². The largest absolute Gasteiger partial charge is 0.421 e. The van der Waals surface area contributed by atoms with Gasteiger partial charge >= 0.3 is 6.01 Å². The summed E-state index contributed by atoms with van der Waals surface area (Å²) in [7, 11) is 3.44. The van der Waals surface area contributed by atoms with Crippen molar-refractivity contribution < 1.29 is 9.13 Å². The molecule has 0 N–H and O–H groups in total. The fourth-order valence-electron chi connectivity index (χ4n) is 1.43. The maximum absolute atomic E-state index is 13.5. The molecule has 0 saturated carbocycles. The molecule has 0 unspecified atom stereocenters. The molecule has 128 valence electrons. The first-order valence-electron chi connectivity index (χ1n) is 6.18. The standard InChI is InChI=1S/C9H6BrClFN3O.C3H3Br2N3/c1-15-9(13-8(10)14-15)16-6-4-2-3-5(11)7(6)12;1-8-3(5)6-2(4)7-8/h2-4H,1H3;1H3. The molecule has 0 fully saturated rings. The second-order valence-corrected chi connectivity index (χ2v) is 6.75. The third-order valence-corrected chi connectivity index (χ3v) is 4.15. The van der Waals surface area contributed by atoms with Gasteiger partial charge in [0.2, 0.25) is 9.47 Å². The molecule has 3 rings (SSSR count). The molecule has 24 heavy (non-hydrogen) atoms. The van der Waals surface area contributed by atoms with E-state index in [0.29, 0.717) is 9.47 Å². The molecule has 1 aromatic carbocycles. The van der Waals surface area contributed by atoms with E-state index in [2.05, 4.69) is 68.0 Å². The van der Waals surface area contributed by atoms with Crippen LogP contribution in [0.15, 0.2) is 32.4 Å². The summed E-state index contributed by atoms with van der Waals surface area (Å²) in [5, 5.41) is 7.79. The summed E-state index contributed by atoms with van der Waals surface area (Å²) >= 11 is 15.0. The molecule has 2 heterocycles. The molecule has 3 aromatic rings. The van der Waals surface area contributed by atoms with Crippen LogP contribution in [0.1, 0.15) is 0 Å². The SMILES string of the molecule is Cn1nc(Br)nc1Br.Cn1nc(Br)nc1Oc1cccc(Cl)c1F. The highest BCUT2D eigenvalue weighted by Gasteiger charge is 2.12. The minimum atomic E-state index is -0.622. The maximum atomic E-state index is 13.5. The molecule has 0 bridgehead atoms. The Labute approximate surface area is 166 Å². The number of aromatic nitrogens is 6. The number of nitrogens with zero attached hydrogens (tertiary/aromatic N) is 6. The maximum Gasteiger partial charge on any atom is 0.321 e. The molecule has 7 nitrogen and oxygen atoms in total. The Morgan fingerprint density at radius 1 is 1.04 bits per heavy atom. The summed E-state index contributed by atoms with van der Waals surface area (Å²) in [5.41, 5.74) is 0. The predicted molar refractivity (Wildman–Crippen MR) is 96.6 cm³/mol. The van der Waals surface area contributed by atoms with E-state index in [-0.39, 0.29) is 16.8 Å². The van der Waals surface area contributed by atoms with Crippen molar-refractivity contribution in [2.75, 3.05) is 0 Å². The number of halogens is 5. The van der Waals surface area contributed by atoms with Crippen molar-refractivity contribution in [2.45, 2.75) is 0 Å². The zero-order valence-corrected chi connectivity index (χ0v) is 17.7. The van der Waals surface area contributed by atoms with Gasteiger partial charge in [-0.05, 0) is 59.9 Å². The molecule has 0 aliphatic heterocycles. The smallest absolute Gasteiger partial charge is 0.321 e. The van der Waals surface area contributed by atoms with Crippen molar-refractivity contribution in [2.24, 2.45) is 14.1 Å². The third kappa shape index (κ3) is 4.98. The van der Waals surface area contributed by atoms with Gasteiger partial charge in [-0.2, -0.15) is 9.97 Å². The number of hydrogen-bond donors (Lipinski definition) is 0. The summed E-state index contributed by atoms with van der Waals surface area (Å²) in [6.45, 7) is 0. The molecule has 0 saturated heterocycles. The van der Waals surface area contributed by atoms with E-state index >= 15 is 0 Å². The lowest BCUT2D eigenvalue weighted by Gasteiger charge is -2.05. The van der Waals surface area contributed by atoms with Crippen molar-refractivity contribution >= 4 is 59.4 Å². The Bertz CT molecular complexity index is 836. The van der Waals surface area contributed by atoms with Crippen molar-refractivity contribution in [1.82, 2.24) is 29.5 Å². The zero-order valence-electron chi connectivity index (χ0n) is 12.2. The monoisotopic (exact) mass is 544 g/mol. The molecule has 0 radical (unpaired) electrons. The van der Waals surface area contributed by atoms with Gasteiger partial charge in [0.05, 0.1) is 5.02 Å². The average molecular weight is 547 g/mol. The van der Waals surface area contributed by atoms with Crippen molar-refractivity contribution in [3.8, 4) is 11.8 Å². The number of aryl methyl sites for hydroxylation is 2. The lowest BCUT2D eigenvalue weighted by molar-refractivity contribution is 0.390. The Kier molecular flexibility index (Phi) is 6.72. The first-order chi connectivity index (χ1) is 11.3. The molecule has 0 amide bonds. The van der Waals surface area contributed by atoms with Gasteiger partial charge in [0, 0.05) is 14.1 Å². The predicted octanol–water partition coefficient (Wildman–Crippen LogP) is 4.50. The normalized spacial score (nSPS) is 10.3. The molecule has 0 aliphatic rings. The van der Waals surface area contributed by atoms with Gasteiger partial charge in [-0.25, -0.2) is 13.8 Å². The van der Waals surface area contributed by atoms with Gasteiger partial charge in [0.15, 0.2) is 16.3 Å². The highest BCUT2D eigenvalue weighted by molar-refractivity contribution is 9.11. The summed E-state index contributed by atoms with van der Waals surface area (Å²) in [6, 6.07) is 4.67. The van der Waals surface area contributed by atoms with Crippen LogP contribution in [0.4, 0.5) is 4.39 Å². The molecule has 0 atom stereocenters. The van der Waals surface area contributed by atoms with Crippen LogP contribution in [0.3, 0.4) is 0 Å². The van der Waals surface area contributed by atoms with Gasteiger partial charge in [-0.15, -0.1) is 10.2 Å². The fourth-order valence-corrected chi connectivity index (χ4v) is 2.87. The lowest BCUT2D eigenvalue weighted by Crippen LogP contribution is -1.97. The van der Waals surface area contributed by atoms with Crippen LogP contribution in [0.2, 0.25) is 5.02 Å². The summed E-state index contributed by atoms with van der Waals surface area (Å²) in [5.74, 6) is -0.612. The molecular formula is C12H9Br3ClFN6O. The summed E-state index contributed by atoms with van der Waals surface area (Å²) in [6.07, 6.45) is 0. The number of ether oxygens (including phenoxy) is 1. The zero-order chi connectivity index (χ0) is 17.9. The summed E-state index contributed by atoms with van der Waals surface area (Å²) in [4.78, 5) is 7.81. The highest BCUT2D eigenvalue weighted by Crippen LogP contribution is 2.27. The molecule has 12 heteroatoms. The van der Waals surface area contributed by atoms with E-state index in [9.17, 15) is 4.39 Å². The van der Waals surface area contributed by atoms with Crippen LogP contribution in [-0.2, 0) is 14.1 Å². The minimum Gasteiger partial charge on any atom is -0.421 e. The Morgan fingerprint density at radius 3 is 2.12 bits per heavy atom. The Hall–Kier alpha value is -1.04. The van der Waals surface area contributed by atoms with Gasteiger partial charge in [0.25, 0.3) is 0 Å². The molecule has 0 spiro atoms. The summed E-state index contributed by atoms with van der Waals surface area (Å²) < 4.78 is 23.4. The van der Waals surface area contributed by atoms with Crippen molar-refractivity contribution in [3.05, 3.63) is 43.2 Å². The van der Waals surface area contributed by atoms with E-state index in [1.54, 1.807) is 17.8 Å². The van der Waals surface area contributed by atoms with Crippen LogP contribution in [0.25, 0.3) is 0 Å². The fraction of sp³-hybridized carbons (Fsp3) is 0.167. The van der Waals surface area contributed by atoms with Gasteiger partial charge < -0.3 is 4.74 Å². The van der Waals surface area contributed by atoms with E-state index in [1.165, 1.54) is 16.8 Å². The third-order valence-electron chi connectivity index (χ3n) is 2.50. The first kappa shape index (κ1) is 19.3. The number of hydrogen-bond acceptors (Lipinski definition) is 5. The van der Waals surface area contributed by atoms with Gasteiger partial charge in [-0.3, -0.25) is 0 Å². The van der Waals surface area contributed by atoms with Gasteiger partial charge in [0.1, 0.15) is 0 Å². The topological polar surface area (TPSA) is 70.7 Å². The number of rotatable bonds is 2. The Morgan fingerprint density at radius 2 is 1.67 bits per heavy atom. The van der Waals surface area contributed by atoms with E-state index in [4.69, 9.17) is 16.3 Å². The highest BCUT2D eigenvalue weighted by atomic mass is 79.9. The molecule has 0 aliphatic carbocycles. The number of benzene rings is 1. The quantitative estimate of drug-likeness (QED) is 0.473. The average Bonchev–Trinajstić information content (AvgIpc) is 2.97. The first-order valence-corrected chi connectivity index (χ1v) is 8.94. The van der Waals surface area contributed by atoms with Crippen LogP contribution in [0, 0.1) is 5.82 Å². The lowest BCUT2D eigenvalue weighted by atomic mass is 10.3. The minimum absolute atomic E-state index is 0.00117. The van der Waals surface area contributed by atoms with E-state index < -0.39 is 5.82 Å². The second-order valence-electron chi connectivity index (χ2n) is 4.21. The van der Waals surface area contributed by atoms with Gasteiger partial charge in [-0.1, -0.05) is 17.7 Å². The van der Waals surface area contributed by atoms with E-state index in [1.807, 2.05) is 7.05 Å². The second kappa shape index (κ2) is 8.37. The van der Waals surface area contributed by atoms with Crippen LogP contribution < -0.4 is 4.74 Å². The molecular weight excluding hydrogens is 538 g/mol. The van der Waals surface area contributed by atoms with Crippen molar-refractivity contribution in [1.29, 1.82) is 0 Å².